The average Bonchev–Trinajstić information content (AvgIpc) is 2.72. The molecule has 29 heavy (non-hydrogen) atoms. The lowest BCUT2D eigenvalue weighted by Gasteiger charge is -2.20. The van der Waals surface area contributed by atoms with Gasteiger partial charge in [0.05, 0.1) is 12.2 Å². The first kappa shape index (κ1) is 21.1. The molecule has 0 amide bonds. The molecule has 150 valence electrons. The molecule has 0 unspecified atom stereocenters. The summed E-state index contributed by atoms with van der Waals surface area (Å²) in [6.45, 7) is 0.449. The highest BCUT2D eigenvalue weighted by Gasteiger charge is 2.38. The highest BCUT2D eigenvalue weighted by atomic mass is 79.9. The van der Waals surface area contributed by atoms with Crippen LogP contribution in [0.5, 0.6) is 5.75 Å². The molecule has 0 saturated carbocycles. The molecule has 0 atom stereocenters. The zero-order chi connectivity index (χ0) is 20.9. The van der Waals surface area contributed by atoms with Gasteiger partial charge in [0, 0.05) is 10.9 Å². The average molecular weight is 465 g/mol. The largest absolute Gasteiger partial charge is 0.493 e. The van der Waals surface area contributed by atoms with Gasteiger partial charge in [-0.25, -0.2) is 4.39 Å². The van der Waals surface area contributed by atoms with Crippen molar-refractivity contribution in [1.82, 2.24) is 0 Å². The highest BCUT2D eigenvalue weighted by Crippen LogP contribution is 2.42. The molecule has 0 saturated heterocycles. The highest BCUT2D eigenvalue weighted by molar-refractivity contribution is 9.09. The Hall–Kier alpha value is -2.60. The van der Waals surface area contributed by atoms with Crippen molar-refractivity contribution in [1.29, 1.82) is 0 Å². The van der Waals surface area contributed by atoms with Crippen LogP contribution in [-0.2, 0) is 0 Å². The van der Waals surface area contributed by atoms with Crippen LogP contribution in [0.3, 0.4) is 0 Å². The van der Waals surface area contributed by atoms with Crippen molar-refractivity contribution in [3.05, 3.63) is 101 Å². The van der Waals surface area contributed by atoms with Crippen molar-refractivity contribution in [2.24, 2.45) is 0 Å². The van der Waals surface area contributed by atoms with Gasteiger partial charge in [-0.3, -0.25) is 0 Å². The van der Waals surface area contributed by atoms with Crippen LogP contribution in [-0.4, -0.2) is 18.1 Å². The SMILES string of the molecule is Fc1ccc(C(=C(c2ccccc2)c2ccc(OCCBr)cc2)C(F)(F)F)cc1. The number of halogens is 5. The summed E-state index contributed by atoms with van der Waals surface area (Å²) in [4.78, 5) is 0. The van der Waals surface area contributed by atoms with Crippen molar-refractivity contribution >= 4 is 27.1 Å². The summed E-state index contributed by atoms with van der Waals surface area (Å²) in [6.07, 6.45) is -4.64. The van der Waals surface area contributed by atoms with Gasteiger partial charge < -0.3 is 4.74 Å². The number of alkyl halides is 4. The Morgan fingerprint density at radius 1 is 0.759 bits per heavy atom. The minimum Gasteiger partial charge on any atom is -0.493 e. The van der Waals surface area contributed by atoms with Crippen LogP contribution < -0.4 is 4.74 Å². The van der Waals surface area contributed by atoms with E-state index in [1.165, 1.54) is 0 Å². The van der Waals surface area contributed by atoms with Gasteiger partial charge in [-0.15, -0.1) is 0 Å². The van der Waals surface area contributed by atoms with Gasteiger partial charge >= 0.3 is 6.18 Å². The van der Waals surface area contributed by atoms with Gasteiger partial charge in [0.2, 0.25) is 0 Å². The van der Waals surface area contributed by atoms with Crippen molar-refractivity contribution < 1.29 is 22.3 Å². The van der Waals surface area contributed by atoms with Crippen molar-refractivity contribution in [2.75, 3.05) is 11.9 Å². The van der Waals surface area contributed by atoms with Crippen molar-refractivity contribution in [3.63, 3.8) is 0 Å². The fourth-order valence-electron chi connectivity index (χ4n) is 3.00. The van der Waals surface area contributed by atoms with Crippen LogP contribution in [0, 0.1) is 5.82 Å². The Labute approximate surface area is 174 Å². The quantitative estimate of drug-likeness (QED) is 0.214. The zero-order valence-electron chi connectivity index (χ0n) is 15.2. The van der Waals surface area contributed by atoms with Gasteiger partial charge in [0.1, 0.15) is 11.6 Å². The first-order valence-electron chi connectivity index (χ1n) is 8.82. The molecule has 0 aliphatic rings. The van der Waals surface area contributed by atoms with E-state index in [0.717, 1.165) is 24.3 Å². The number of allylic oxidation sites excluding steroid dienone is 1. The molecule has 0 aliphatic heterocycles. The zero-order valence-corrected chi connectivity index (χ0v) is 16.8. The van der Waals surface area contributed by atoms with Crippen LogP contribution in [0.15, 0.2) is 78.9 Å². The van der Waals surface area contributed by atoms with E-state index in [2.05, 4.69) is 15.9 Å². The topological polar surface area (TPSA) is 9.23 Å². The van der Waals surface area contributed by atoms with E-state index in [9.17, 15) is 17.6 Å². The molecule has 1 nitrogen and oxygen atoms in total. The predicted octanol–water partition coefficient (Wildman–Crippen LogP) is 7.12. The lowest BCUT2D eigenvalue weighted by molar-refractivity contribution is -0.0685. The number of benzene rings is 3. The lowest BCUT2D eigenvalue weighted by Crippen LogP contribution is -2.14. The molecule has 0 fully saturated rings. The molecular weight excluding hydrogens is 448 g/mol. The maximum Gasteiger partial charge on any atom is 0.417 e. The van der Waals surface area contributed by atoms with Crippen LogP contribution in [0.1, 0.15) is 16.7 Å². The monoisotopic (exact) mass is 464 g/mol. The van der Waals surface area contributed by atoms with E-state index in [4.69, 9.17) is 4.74 Å². The molecule has 6 heteroatoms. The Morgan fingerprint density at radius 2 is 1.31 bits per heavy atom. The van der Waals surface area contributed by atoms with Crippen molar-refractivity contribution in [3.8, 4) is 5.75 Å². The second-order valence-corrected chi connectivity index (χ2v) is 6.98. The minimum absolute atomic E-state index is 0.0248. The fourth-order valence-corrected chi connectivity index (χ4v) is 3.16. The Bertz CT molecular complexity index is 963. The van der Waals surface area contributed by atoms with E-state index < -0.39 is 17.6 Å². The van der Waals surface area contributed by atoms with Crippen LogP contribution in [0.4, 0.5) is 17.6 Å². The standard InChI is InChI=1S/C23H17BrF4O/c24-14-15-29-20-12-8-17(9-13-20)21(16-4-2-1-3-5-16)22(23(26,27)28)18-6-10-19(25)11-7-18/h1-13H,14-15H2. The van der Waals surface area contributed by atoms with Crippen LogP contribution in [0.25, 0.3) is 11.1 Å². The molecule has 0 aliphatic carbocycles. The number of rotatable bonds is 6. The molecule has 0 bridgehead atoms. The third-order valence-corrected chi connectivity index (χ3v) is 4.54. The van der Waals surface area contributed by atoms with E-state index in [1.54, 1.807) is 54.6 Å². The number of hydrogen-bond acceptors (Lipinski definition) is 1. The van der Waals surface area contributed by atoms with Crippen LogP contribution in [0.2, 0.25) is 0 Å². The molecular formula is C23H17BrF4O. The maximum atomic E-state index is 14.2. The van der Waals surface area contributed by atoms with E-state index >= 15 is 0 Å². The molecule has 0 spiro atoms. The van der Waals surface area contributed by atoms with Gasteiger partial charge in [-0.05, 0) is 41.0 Å². The molecule has 0 aromatic heterocycles. The first-order chi connectivity index (χ1) is 13.9. The summed E-state index contributed by atoms with van der Waals surface area (Å²) < 4.78 is 61.4. The number of hydrogen-bond donors (Lipinski definition) is 0. The lowest BCUT2D eigenvalue weighted by atomic mass is 9.89. The molecule has 3 aromatic rings. The third kappa shape index (κ3) is 5.26. The maximum absolute atomic E-state index is 14.2. The molecule has 0 radical (unpaired) electrons. The molecule has 3 rings (SSSR count). The molecule has 3 aromatic carbocycles. The summed E-state index contributed by atoms with van der Waals surface area (Å²) >= 11 is 3.26. The summed E-state index contributed by atoms with van der Waals surface area (Å²) in [5, 5.41) is 0.646. The van der Waals surface area contributed by atoms with Gasteiger partial charge in [-0.1, -0.05) is 70.5 Å². The predicted molar refractivity (Wildman–Crippen MR) is 111 cm³/mol. The fraction of sp³-hybridized carbons (Fsp3) is 0.130. The van der Waals surface area contributed by atoms with E-state index in [1.807, 2.05) is 0 Å². The normalized spacial score (nSPS) is 12.4. The van der Waals surface area contributed by atoms with Gasteiger partial charge in [0.15, 0.2) is 0 Å². The minimum atomic E-state index is -4.64. The summed E-state index contributed by atoms with van der Waals surface area (Å²) in [6, 6.07) is 19.2. The third-order valence-electron chi connectivity index (χ3n) is 4.22. The van der Waals surface area contributed by atoms with Crippen LogP contribution >= 0.6 is 15.9 Å². The summed E-state index contributed by atoms with van der Waals surface area (Å²) in [7, 11) is 0. The first-order valence-corrected chi connectivity index (χ1v) is 9.94. The van der Waals surface area contributed by atoms with E-state index in [-0.39, 0.29) is 11.1 Å². The second-order valence-electron chi connectivity index (χ2n) is 6.18. The van der Waals surface area contributed by atoms with Gasteiger partial charge in [0.25, 0.3) is 0 Å². The van der Waals surface area contributed by atoms with Gasteiger partial charge in [-0.2, -0.15) is 13.2 Å². The second kappa shape index (κ2) is 9.27. The Balaban J connectivity index is 2.23. The summed E-state index contributed by atoms with van der Waals surface area (Å²) in [5.74, 6) is -0.0271. The Kier molecular flexibility index (Phi) is 6.75. The van der Waals surface area contributed by atoms with E-state index in [0.29, 0.717) is 28.8 Å². The molecule has 0 heterocycles. The molecule has 0 N–H and O–H groups in total. The smallest absolute Gasteiger partial charge is 0.417 e. The Morgan fingerprint density at radius 3 is 1.86 bits per heavy atom. The van der Waals surface area contributed by atoms with Crippen molar-refractivity contribution in [2.45, 2.75) is 6.18 Å². The summed E-state index contributed by atoms with van der Waals surface area (Å²) in [5.41, 5.74) is -0.0933. The number of ether oxygens (including phenoxy) is 1.